The largest absolute Gasteiger partial charge is 0.479 e. The zero-order valence-corrected chi connectivity index (χ0v) is 10.8. The molecular weight excluding hydrogens is 256 g/mol. The molecule has 20 heavy (non-hydrogen) atoms. The summed E-state index contributed by atoms with van der Waals surface area (Å²) in [4.78, 5) is 28.7. The van der Waals surface area contributed by atoms with Crippen LogP contribution in [0.5, 0.6) is 0 Å². The molecule has 2 N–H and O–H groups in total. The summed E-state index contributed by atoms with van der Waals surface area (Å²) in [7, 11) is 0. The first kappa shape index (κ1) is 11.5. The Balaban J connectivity index is 2.04. The van der Waals surface area contributed by atoms with Crippen LogP contribution in [-0.2, 0) is 21.5 Å². The number of carbonyl (C=O) groups is 2. The van der Waals surface area contributed by atoms with Crippen molar-refractivity contribution in [3.63, 3.8) is 0 Å². The average molecular weight is 270 g/mol. The number of aromatic amines is 1. The summed E-state index contributed by atoms with van der Waals surface area (Å²) in [5.74, 6) is -0.993. The molecule has 2 aliphatic heterocycles. The quantitative estimate of drug-likeness (QED) is 0.827. The number of benzene rings is 1. The van der Waals surface area contributed by atoms with Gasteiger partial charge in [-0.2, -0.15) is 0 Å². The Hall–Kier alpha value is -2.30. The monoisotopic (exact) mass is 270 g/mol. The first-order valence-electron chi connectivity index (χ1n) is 6.78. The molecule has 1 aromatic heterocycles. The van der Waals surface area contributed by atoms with Gasteiger partial charge in [0.25, 0.3) is 0 Å². The first-order valence-corrected chi connectivity index (χ1v) is 6.78. The topological polar surface area (TPSA) is 73.4 Å². The predicted octanol–water partition coefficient (Wildman–Crippen LogP) is 1.63. The number of H-pyrrole nitrogens is 1. The van der Waals surface area contributed by atoms with Crippen LogP contribution >= 0.6 is 0 Å². The number of hydrogen-bond acceptors (Lipinski definition) is 2. The Labute approximate surface area is 115 Å². The lowest BCUT2D eigenvalue weighted by Crippen LogP contribution is -2.53. The van der Waals surface area contributed by atoms with E-state index in [1.807, 2.05) is 24.3 Å². The molecule has 1 saturated heterocycles. The van der Waals surface area contributed by atoms with E-state index in [-0.39, 0.29) is 5.91 Å². The third-order valence-corrected chi connectivity index (χ3v) is 4.63. The molecule has 0 saturated carbocycles. The van der Waals surface area contributed by atoms with Crippen LogP contribution in [0.25, 0.3) is 10.9 Å². The van der Waals surface area contributed by atoms with Crippen molar-refractivity contribution in [2.45, 2.75) is 24.8 Å². The molecule has 3 heterocycles. The summed E-state index contributed by atoms with van der Waals surface area (Å²) in [6.07, 6.45) is 1.36. The van der Waals surface area contributed by atoms with Gasteiger partial charge < -0.3 is 15.0 Å². The molecule has 1 aromatic carbocycles. The SMILES string of the molecule is O=C1CCC2(C(=O)O)c3[nH]c4ccccc4c3CCN12. The molecular formula is C15H14N2O3. The second-order valence-electron chi connectivity index (χ2n) is 5.48. The normalized spacial score (nSPS) is 24.8. The molecule has 2 aliphatic rings. The molecule has 5 heteroatoms. The van der Waals surface area contributed by atoms with Crippen LogP contribution in [0.2, 0.25) is 0 Å². The fourth-order valence-corrected chi connectivity index (χ4v) is 3.71. The van der Waals surface area contributed by atoms with Crippen LogP contribution < -0.4 is 0 Å². The minimum atomic E-state index is -1.19. The van der Waals surface area contributed by atoms with Gasteiger partial charge in [0, 0.05) is 23.9 Å². The van der Waals surface area contributed by atoms with Crippen molar-refractivity contribution in [3.05, 3.63) is 35.5 Å². The number of carboxylic acid groups (broad SMARTS) is 1. The molecule has 0 bridgehead atoms. The summed E-state index contributed by atoms with van der Waals surface area (Å²) < 4.78 is 0. The van der Waals surface area contributed by atoms with E-state index >= 15 is 0 Å². The van der Waals surface area contributed by atoms with Crippen molar-refractivity contribution < 1.29 is 14.7 Å². The zero-order valence-electron chi connectivity index (χ0n) is 10.8. The summed E-state index contributed by atoms with van der Waals surface area (Å²) in [5, 5.41) is 10.8. The second-order valence-corrected chi connectivity index (χ2v) is 5.48. The molecule has 1 fully saturated rings. The number of nitrogens with zero attached hydrogens (tertiary/aromatic N) is 1. The fraction of sp³-hybridized carbons (Fsp3) is 0.333. The molecule has 0 aliphatic carbocycles. The van der Waals surface area contributed by atoms with Crippen LogP contribution in [0.15, 0.2) is 24.3 Å². The van der Waals surface area contributed by atoms with Crippen LogP contribution in [0.1, 0.15) is 24.1 Å². The lowest BCUT2D eigenvalue weighted by Gasteiger charge is -2.38. The Bertz CT molecular complexity index is 749. The van der Waals surface area contributed by atoms with Gasteiger partial charge in [0.1, 0.15) is 0 Å². The molecule has 0 radical (unpaired) electrons. The Morgan fingerprint density at radius 3 is 2.90 bits per heavy atom. The van der Waals surface area contributed by atoms with E-state index in [9.17, 15) is 14.7 Å². The molecule has 1 unspecified atom stereocenters. The number of carbonyl (C=O) groups excluding carboxylic acids is 1. The van der Waals surface area contributed by atoms with Crippen LogP contribution in [0, 0.1) is 0 Å². The number of amides is 1. The predicted molar refractivity (Wildman–Crippen MR) is 72.3 cm³/mol. The maximum Gasteiger partial charge on any atom is 0.335 e. The molecule has 0 spiro atoms. The highest BCUT2D eigenvalue weighted by atomic mass is 16.4. The smallest absolute Gasteiger partial charge is 0.335 e. The highest BCUT2D eigenvalue weighted by molar-refractivity contribution is 5.95. The Morgan fingerprint density at radius 2 is 2.10 bits per heavy atom. The highest BCUT2D eigenvalue weighted by Gasteiger charge is 2.56. The molecule has 1 amide bonds. The fourth-order valence-electron chi connectivity index (χ4n) is 3.71. The van der Waals surface area contributed by atoms with E-state index in [2.05, 4.69) is 4.98 Å². The number of rotatable bonds is 1. The Morgan fingerprint density at radius 1 is 1.30 bits per heavy atom. The van der Waals surface area contributed by atoms with E-state index < -0.39 is 11.5 Å². The minimum Gasteiger partial charge on any atom is -0.479 e. The lowest BCUT2D eigenvalue weighted by molar-refractivity contribution is -0.156. The van der Waals surface area contributed by atoms with E-state index in [0.29, 0.717) is 31.5 Å². The van der Waals surface area contributed by atoms with E-state index in [0.717, 1.165) is 16.5 Å². The minimum absolute atomic E-state index is 0.0586. The molecule has 1 atom stereocenters. The van der Waals surface area contributed by atoms with Gasteiger partial charge in [-0.1, -0.05) is 18.2 Å². The molecule has 5 nitrogen and oxygen atoms in total. The lowest BCUT2D eigenvalue weighted by atomic mass is 9.85. The van der Waals surface area contributed by atoms with Gasteiger partial charge in [-0.25, -0.2) is 4.79 Å². The van der Waals surface area contributed by atoms with Gasteiger partial charge in [-0.05, 0) is 24.5 Å². The number of fused-ring (bicyclic) bond motifs is 5. The van der Waals surface area contributed by atoms with Crippen LogP contribution in [0.3, 0.4) is 0 Å². The van der Waals surface area contributed by atoms with Crippen LogP contribution in [0.4, 0.5) is 0 Å². The third-order valence-electron chi connectivity index (χ3n) is 4.63. The molecule has 2 aromatic rings. The van der Waals surface area contributed by atoms with Crippen molar-refractivity contribution in [2.75, 3.05) is 6.54 Å². The maximum atomic E-state index is 12.0. The number of aliphatic carboxylic acids is 1. The van der Waals surface area contributed by atoms with E-state index in [1.54, 1.807) is 0 Å². The van der Waals surface area contributed by atoms with E-state index in [4.69, 9.17) is 0 Å². The number of carboxylic acids is 1. The number of nitrogens with one attached hydrogen (secondary N) is 1. The second kappa shape index (κ2) is 3.62. The van der Waals surface area contributed by atoms with Gasteiger partial charge in [-0.3, -0.25) is 4.79 Å². The van der Waals surface area contributed by atoms with Crippen LogP contribution in [-0.4, -0.2) is 33.4 Å². The zero-order chi connectivity index (χ0) is 13.9. The maximum absolute atomic E-state index is 12.0. The number of aromatic nitrogens is 1. The van der Waals surface area contributed by atoms with E-state index in [1.165, 1.54) is 4.90 Å². The summed E-state index contributed by atoms with van der Waals surface area (Å²) >= 11 is 0. The Kier molecular flexibility index (Phi) is 2.09. The standard InChI is InChI=1S/C15H14N2O3/c18-12-5-7-15(14(19)20)13-10(6-8-17(12)15)9-3-1-2-4-11(9)16-13/h1-4,16H,5-8H2,(H,19,20). The van der Waals surface area contributed by atoms with Gasteiger partial charge in [0.2, 0.25) is 5.91 Å². The van der Waals surface area contributed by atoms with Gasteiger partial charge >= 0.3 is 5.97 Å². The first-order chi connectivity index (χ1) is 9.64. The summed E-state index contributed by atoms with van der Waals surface area (Å²) in [6, 6.07) is 7.84. The molecule has 4 rings (SSSR count). The summed E-state index contributed by atoms with van der Waals surface area (Å²) in [6.45, 7) is 0.486. The van der Waals surface area contributed by atoms with Crippen molar-refractivity contribution >= 4 is 22.8 Å². The number of hydrogen-bond donors (Lipinski definition) is 2. The summed E-state index contributed by atoms with van der Waals surface area (Å²) in [5.41, 5.74) is 1.50. The van der Waals surface area contributed by atoms with Gasteiger partial charge in [0.15, 0.2) is 5.54 Å². The van der Waals surface area contributed by atoms with Gasteiger partial charge in [-0.15, -0.1) is 0 Å². The van der Waals surface area contributed by atoms with Crippen molar-refractivity contribution in [2.24, 2.45) is 0 Å². The van der Waals surface area contributed by atoms with Crippen molar-refractivity contribution in [1.82, 2.24) is 9.88 Å². The number of para-hydroxylation sites is 1. The van der Waals surface area contributed by atoms with Crippen molar-refractivity contribution in [3.8, 4) is 0 Å². The highest BCUT2D eigenvalue weighted by Crippen LogP contribution is 2.45. The van der Waals surface area contributed by atoms with Crippen molar-refractivity contribution in [1.29, 1.82) is 0 Å². The third kappa shape index (κ3) is 1.18. The molecule has 102 valence electrons. The van der Waals surface area contributed by atoms with Gasteiger partial charge in [0.05, 0.1) is 5.69 Å². The average Bonchev–Trinajstić information content (AvgIpc) is 2.98.